The van der Waals surface area contributed by atoms with Gasteiger partial charge in [0.1, 0.15) is 11.4 Å². The molecule has 3 aliphatic heterocycles. The molecule has 140 valence electrons. The van der Waals surface area contributed by atoms with Gasteiger partial charge in [-0.15, -0.1) is 0 Å². The molecule has 2 fully saturated rings. The second-order valence-electron chi connectivity index (χ2n) is 8.20. The van der Waals surface area contributed by atoms with Crippen LogP contribution in [0, 0.1) is 0 Å². The molecule has 0 bridgehead atoms. The van der Waals surface area contributed by atoms with Crippen molar-refractivity contribution in [3.63, 3.8) is 0 Å². The Balaban J connectivity index is 1.29. The van der Waals surface area contributed by atoms with Crippen LogP contribution in [0.25, 0.3) is 0 Å². The van der Waals surface area contributed by atoms with E-state index in [0.29, 0.717) is 18.6 Å². The predicted molar refractivity (Wildman–Crippen MR) is 99.2 cm³/mol. The number of allylic oxidation sites excluding steroid dienone is 2. The molecule has 0 aromatic carbocycles. The molecule has 2 atom stereocenters. The number of nitrogens with one attached hydrogen (secondary N) is 2. The van der Waals surface area contributed by atoms with Gasteiger partial charge in [0.25, 0.3) is 0 Å². The zero-order valence-electron chi connectivity index (χ0n) is 15.8. The van der Waals surface area contributed by atoms with E-state index in [4.69, 9.17) is 4.74 Å². The Hall–Kier alpha value is -1.69. The molecule has 3 rings (SSSR count). The molecular formula is C19H32N4O2. The van der Waals surface area contributed by atoms with Crippen molar-refractivity contribution in [3.8, 4) is 0 Å². The van der Waals surface area contributed by atoms with E-state index in [1.165, 1.54) is 12.2 Å². The first-order valence-corrected chi connectivity index (χ1v) is 9.52. The first-order valence-electron chi connectivity index (χ1n) is 9.52. The molecule has 0 aliphatic carbocycles. The lowest BCUT2D eigenvalue weighted by Gasteiger charge is -2.44. The highest BCUT2D eigenvalue weighted by Crippen LogP contribution is 2.27. The molecule has 0 radical (unpaired) electrons. The molecule has 0 aromatic rings. The predicted octanol–water partition coefficient (Wildman–Crippen LogP) is 2.05. The molecule has 2 unspecified atom stereocenters. The third-order valence-corrected chi connectivity index (χ3v) is 4.87. The average molecular weight is 348 g/mol. The van der Waals surface area contributed by atoms with Crippen LogP contribution in [0.5, 0.6) is 0 Å². The van der Waals surface area contributed by atoms with Crippen LogP contribution in [0.4, 0.5) is 4.79 Å². The zero-order chi connectivity index (χ0) is 17.9. The van der Waals surface area contributed by atoms with Crippen LogP contribution >= 0.6 is 0 Å². The largest absolute Gasteiger partial charge is 0.444 e. The fraction of sp³-hybridized carbons (Fsp3) is 0.737. The van der Waals surface area contributed by atoms with Crippen molar-refractivity contribution in [2.75, 3.05) is 32.7 Å². The number of hydrogen-bond acceptors (Lipinski definition) is 5. The Morgan fingerprint density at radius 3 is 2.96 bits per heavy atom. The first kappa shape index (κ1) is 18.1. The van der Waals surface area contributed by atoms with Crippen molar-refractivity contribution in [1.82, 2.24) is 20.4 Å². The van der Waals surface area contributed by atoms with E-state index in [9.17, 15) is 4.79 Å². The van der Waals surface area contributed by atoms with Gasteiger partial charge >= 0.3 is 6.09 Å². The third-order valence-electron chi connectivity index (χ3n) is 4.87. The van der Waals surface area contributed by atoms with E-state index in [0.717, 1.165) is 39.0 Å². The first-order chi connectivity index (χ1) is 11.9. The summed E-state index contributed by atoms with van der Waals surface area (Å²) in [4.78, 5) is 16.7. The molecule has 6 nitrogen and oxygen atoms in total. The highest BCUT2D eigenvalue weighted by atomic mass is 16.6. The van der Waals surface area contributed by atoms with E-state index in [2.05, 4.69) is 38.7 Å². The van der Waals surface area contributed by atoms with E-state index in [1.807, 2.05) is 20.8 Å². The van der Waals surface area contributed by atoms with Crippen molar-refractivity contribution in [3.05, 3.63) is 24.0 Å². The lowest BCUT2D eigenvalue weighted by molar-refractivity contribution is 0.0526. The molecule has 6 heteroatoms. The number of rotatable bonds is 6. The second kappa shape index (κ2) is 7.68. The van der Waals surface area contributed by atoms with Crippen LogP contribution < -0.4 is 10.6 Å². The minimum atomic E-state index is -0.427. The summed E-state index contributed by atoms with van der Waals surface area (Å²) in [7, 11) is 0. The monoisotopic (exact) mass is 348 g/mol. The summed E-state index contributed by atoms with van der Waals surface area (Å²) in [6.07, 6.45) is 9.67. The van der Waals surface area contributed by atoms with E-state index < -0.39 is 5.60 Å². The highest BCUT2D eigenvalue weighted by molar-refractivity contribution is 5.67. The normalized spacial score (nSPS) is 25.2. The summed E-state index contributed by atoms with van der Waals surface area (Å²) in [5.41, 5.74) is -0.427. The van der Waals surface area contributed by atoms with Gasteiger partial charge in [0.2, 0.25) is 0 Å². The van der Waals surface area contributed by atoms with Crippen LogP contribution in [0.15, 0.2) is 24.0 Å². The van der Waals surface area contributed by atoms with Crippen molar-refractivity contribution in [1.29, 1.82) is 0 Å². The Bertz CT molecular complexity index is 538. The van der Waals surface area contributed by atoms with Crippen molar-refractivity contribution < 1.29 is 9.53 Å². The van der Waals surface area contributed by atoms with Gasteiger partial charge in [-0.3, -0.25) is 4.90 Å². The molecular weight excluding hydrogens is 316 g/mol. The molecule has 2 N–H and O–H groups in total. The maximum Gasteiger partial charge on any atom is 0.407 e. The number of amides is 1. The van der Waals surface area contributed by atoms with E-state index in [-0.39, 0.29) is 6.09 Å². The zero-order valence-corrected chi connectivity index (χ0v) is 15.8. The quantitative estimate of drug-likeness (QED) is 0.720. The number of unbranched alkanes of at least 4 members (excludes halogenated alkanes) is 2. The van der Waals surface area contributed by atoms with Gasteiger partial charge in [-0.25, -0.2) is 4.79 Å². The molecule has 3 heterocycles. The maximum absolute atomic E-state index is 11.6. The number of carbonyl (C=O) groups excluding carboxylic acids is 1. The number of hydrogen-bond donors (Lipinski definition) is 2. The van der Waals surface area contributed by atoms with Crippen molar-refractivity contribution in [2.45, 2.75) is 57.7 Å². The van der Waals surface area contributed by atoms with Gasteiger partial charge in [0.05, 0.1) is 12.1 Å². The summed E-state index contributed by atoms with van der Waals surface area (Å²) in [6.45, 7) is 10.8. The van der Waals surface area contributed by atoms with Gasteiger partial charge < -0.3 is 20.3 Å². The SMILES string of the molecule is CC(C)(C)OC(=O)NCCCCCN1CC2C=CC=C3NCC(C1)N32. The van der Waals surface area contributed by atoms with Gasteiger partial charge in [-0.05, 0) is 46.2 Å². The molecule has 0 aromatic heterocycles. The summed E-state index contributed by atoms with van der Waals surface area (Å²) in [6, 6.07) is 1.12. The summed E-state index contributed by atoms with van der Waals surface area (Å²) < 4.78 is 5.24. The fourth-order valence-electron chi connectivity index (χ4n) is 3.83. The number of carbonyl (C=O) groups is 1. The summed E-state index contributed by atoms with van der Waals surface area (Å²) >= 11 is 0. The smallest absolute Gasteiger partial charge is 0.407 e. The second-order valence-corrected chi connectivity index (χ2v) is 8.20. The average Bonchev–Trinajstić information content (AvgIpc) is 2.94. The van der Waals surface area contributed by atoms with Gasteiger partial charge in [-0.1, -0.05) is 18.6 Å². The lowest BCUT2D eigenvalue weighted by Crippen LogP contribution is -2.56. The minimum absolute atomic E-state index is 0.315. The van der Waals surface area contributed by atoms with Gasteiger partial charge in [-0.2, -0.15) is 0 Å². The van der Waals surface area contributed by atoms with Crippen LogP contribution in [0.1, 0.15) is 40.0 Å². The van der Waals surface area contributed by atoms with Crippen LogP contribution in [-0.4, -0.2) is 66.3 Å². The third kappa shape index (κ3) is 4.91. The Morgan fingerprint density at radius 1 is 1.32 bits per heavy atom. The Morgan fingerprint density at radius 2 is 2.16 bits per heavy atom. The van der Waals surface area contributed by atoms with Crippen LogP contribution in [0.3, 0.4) is 0 Å². The Kier molecular flexibility index (Phi) is 5.57. The summed E-state index contributed by atoms with van der Waals surface area (Å²) in [5.74, 6) is 1.30. The number of nitrogens with zero attached hydrogens (tertiary/aromatic N) is 2. The van der Waals surface area contributed by atoms with Gasteiger partial charge in [0.15, 0.2) is 0 Å². The fourth-order valence-corrected chi connectivity index (χ4v) is 3.83. The minimum Gasteiger partial charge on any atom is -0.444 e. The van der Waals surface area contributed by atoms with E-state index in [1.54, 1.807) is 0 Å². The highest BCUT2D eigenvalue weighted by Gasteiger charge is 2.38. The number of piperazine rings is 1. The molecule has 25 heavy (non-hydrogen) atoms. The molecule has 1 amide bonds. The topological polar surface area (TPSA) is 56.8 Å². The lowest BCUT2D eigenvalue weighted by atomic mass is 10.0. The molecule has 2 saturated heterocycles. The Labute approximate surface area is 151 Å². The maximum atomic E-state index is 11.6. The van der Waals surface area contributed by atoms with E-state index >= 15 is 0 Å². The summed E-state index contributed by atoms with van der Waals surface area (Å²) in [5, 5.41) is 6.35. The standard InChI is InChI=1S/C19H32N4O2/c1-19(2,3)25-18(24)20-10-5-4-6-11-22-13-15-8-7-9-17-21-12-16(14-22)23(15)17/h7-9,15-16,21H,4-6,10-14H2,1-3H3,(H,20,24). The molecule has 0 saturated carbocycles. The van der Waals surface area contributed by atoms with Gasteiger partial charge in [0, 0.05) is 26.2 Å². The number of ether oxygens (including phenoxy) is 1. The molecule has 3 aliphatic rings. The van der Waals surface area contributed by atoms with Crippen LogP contribution in [0.2, 0.25) is 0 Å². The van der Waals surface area contributed by atoms with Crippen molar-refractivity contribution in [2.24, 2.45) is 0 Å². The number of alkyl carbamates (subject to hydrolysis) is 1. The molecule has 0 spiro atoms. The van der Waals surface area contributed by atoms with Crippen molar-refractivity contribution >= 4 is 6.09 Å². The van der Waals surface area contributed by atoms with Crippen LogP contribution in [-0.2, 0) is 4.74 Å².